The van der Waals surface area contributed by atoms with Crippen molar-refractivity contribution in [3.8, 4) is 17.1 Å². The number of hydrogen-bond acceptors (Lipinski definition) is 7. The second-order valence-electron chi connectivity index (χ2n) is 9.58. The minimum Gasteiger partial charge on any atom is -0.482 e. The van der Waals surface area contributed by atoms with Crippen LogP contribution in [0.15, 0.2) is 65.5 Å². The van der Waals surface area contributed by atoms with Gasteiger partial charge < -0.3 is 28.7 Å². The number of rotatable bonds is 10. The van der Waals surface area contributed by atoms with E-state index in [1.807, 2.05) is 12.1 Å². The highest BCUT2D eigenvalue weighted by Gasteiger charge is 2.26. The largest absolute Gasteiger partial charge is 0.482 e. The molecule has 0 aliphatic heterocycles. The lowest BCUT2D eigenvalue weighted by atomic mass is 9.95. The highest BCUT2D eigenvalue weighted by Crippen LogP contribution is 2.36. The van der Waals surface area contributed by atoms with Gasteiger partial charge in [0, 0.05) is 12.5 Å². The predicted octanol–water partition coefficient (Wildman–Crippen LogP) is 5.12. The van der Waals surface area contributed by atoms with Crippen LogP contribution in [0.1, 0.15) is 54.1 Å². The monoisotopic (exact) mass is 532 g/mol. The van der Waals surface area contributed by atoms with Gasteiger partial charge in [-0.05, 0) is 54.8 Å². The Balaban J connectivity index is 1.35. The maximum absolute atomic E-state index is 13.0. The van der Waals surface area contributed by atoms with Gasteiger partial charge in [-0.25, -0.2) is 19.4 Å². The number of nitrogens with zero attached hydrogens (tertiary/aromatic N) is 2. The first-order valence-electron chi connectivity index (χ1n) is 12.8. The molecule has 1 aliphatic carbocycles. The van der Waals surface area contributed by atoms with Gasteiger partial charge in [0.2, 0.25) is 6.10 Å². The number of imidazole rings is 1. The lowest BCUT2D eigenvalue weighted by Gasteiger charge is -2.25. The van der Waals surface area contributed by atoms with Crippen LogP contribution >= 0.6 is 0 Å². The Bertz CT molecular complexity index is 1470. The van der Waals surface area contributed by atoms with Crippen molar-refractivity contribution in [3.05, 3.63) is 72.2 Å². The van der Waals surface area contributed by atoms with Gasteiger partial charge in [-0.1, -0.05) is 31.4 Å². The van der Waals surface area contributed by atoms with E-state index in [0.717, 1.165) is 42.6 Å². The molecule has 1 saturated carbocycles. The second kappa shape index (κ2) is 11.4. The van der Waals surface area contributed by atoms with Crippen molar-refractivity contribution in [1.82, 2.24) is 9.55 Å². The molecule has 39 heavy (non-hydrogen) atoms. The van der Waals surface area contributed by atoms with Crippen LogP contribution in [-0.4, -0.2) is 50.4 Å². The molecule has 0 bridgehead atoms. The van der Waals surface area contributed by atoms with E-state index in [1.165, 1.54) is 18.6 Å². The van der Waals surface area contributed by atoms with Gasteiger partial charge in [-0.15, -0.1) is 0 Å². The maximum Gasteiger partial charge on any atom is 0.345 e. The van der Waals surface area contributed by atoms with Crippen LogP contribution < -0.4 is 4.74 Å². The molecule has 1 atom stereocenters. The van der Waals surface area contributed by atoms with Gasteiger partial charge in [-0.3, -0.25) is 0 Å². The average Bonchev–Trinajstić information content (AvgIpc) is 3.60. The lowest BCUT2D eigenvalue weighted by molar-refractivity contribution is -0.147. The zero-order chi connectivity index (χ0) is 27.4. The van der Waals surface area contributed by atoms with Gasteiger partial charge in [0.25, 0.3) is 0 Å². The molecular weight excluding hydrogens is 504 g/mol. The van der Waals surface area contributed by atoms with Gasteiger partial charge in [-0.2, -0.15) is 0 Å². The first-order valence-corrected chi connectivity index (χ1v) is 12.8. The fourth-order valence-corrected chi connectivity index (χ4v) is 4.99. The number of ether oxygens (including phenoxy) is 2. The third-order valence-corrected chi connectivity index (χ3v) is 6.88. The number of hydrogen-bond donors (Lipinski definition) is 2. The lowest BCUT2D eigenvalue weighted by Crippen LogP contribution is -2.29. The van der Waals surface area contributed by atoms with Crippen molar-refractivity contribution in [2.45, 2.75) is 50.7 Å². The molecular formula is C29H28N2O8. The van der Waals surface area contributed by atoms with Crippen LogP contribution in [0.2, 0.25) is 0 Å². The van der Waals surface area contributed by atoms with Gasteiger partial charge >= 0.3 is 17.9 Å². The Kier molecular flexibility index (Phi) is 7.62. The van der Waals surface area contributed by atoms with E-state index < -0.39 is 30.6 Å². The van der Waals surface area contributed by atoms with Crippen LogP contribution in [0.4, 0.5) is 0 Å². The van der Waals surface area contributed by atoms with Crippen molar-refractivity contribution in [1.29, 1.82) is 0 Å². The maximum atomic E-state index is 13.0. The standard InChI is InChI=1S/C29H28N2O8/c32-26(33)17-38-22-9-6-18(7-10-22)14-25(28(34)35)39-29(36)19-8-11-24-23(15-19)30-27(20-12-13-37-16-20)31(24)21-4-2-1-3-5-21/h6-13,15-16,21,25H,1-5,14,17H2,(H,32,33)(H,34,35)/t25-/m0/s1. The summed E-state index contributed by atoms with van der Waals surface area (Å²) in [5.74, 6) is -2.04. The number of carbonyl (C=O) groups excluding carboxylic acids is 1. The number of aliphatic carboxylic acids is 2. The molecule has 0 spiro atoms. The number of furan rings is 1. The summed E-state index contributed by atoms with van der Waals surface area (Å²) in [7, 11) is 0. The summed E-state index contributed by atoms with van der Waals surface area (Å²) in [6, 6.07) is 13.5. The van der Waals surface area contributed by atoms with Gasteiger partial charge in [0.15, 0.2) is 6.61 Å². The number of fused-ring (bicyclic) bond motifs is 1. The Labute approximate surface area is 223 Å². The summed E-state index contributed by atoms with van der Waals surface area (Å²) < 4.78 is 18.0. The summed E-state index contributed by atoms with van der Waals surface area (Å²) in [4.78, 5) is 40.4. The number of benzene rings is 2. The first-order chi connectivity index (χ1) is 18.9. The van der Waals surface area contributed by atoms with E-state index in [2.05, 4.69) is 4.57 Å². The molecule has 0 amide bonds. The quantitative estimate of drug-likeness (QED) is 0.266. The minimum atomic E-state index is -1.42. The molecule has 5 rings (SSSR count). The van der Waals surface area contributed by atoms with E-state index in [9.17, 15) is 19.5 Å². The molecule has 1 aliphatic rings. The Morgan fingerprint density at radius 3 is 2.46 bits per heavy atom. The topological polar surface area (TPSA) is 141 Å². The molecule has 2 N–H and O–H groups in total. The summed E-state index contributed by atoms with van der Waals surface area (Å²) in [6.45, 7) is -0.485. The molecule has 10 nitrogen and oxygen atoms in total. The fraction of sp³-hybridized carbons (Fsp3) is 0.310. The molecule has 202 valence electrons. The molecule has 0 unspecified atom stereocenters. The van der Waals surface area contributed by atoms with E-state index in [1.54, 1.807) is 36.8 Å². The zero-order valence-electron chi connectivity index (χ0n) is 21.1. The normalized spacial score (nSPS) is 14.7. The molecule has 0 saturated heterocycles. The molecule has 1 fully saturated rings. The number of carboxylic acid groups (broad SMARTS) is 2. The van der Waals surface area contributed by atoms with Crippen LogP contribution in [0, 0.1) is 0 Å². The van der Waals surface area contributed by atoms with E-state index >= 15 is 0 Å². The van der Waals surface area contributed by atoms with E-state index in [0.29, 0.717) is 22.9 Å². The van der Waals surface area contributed by atoms with Gasteiger partial charge in [0.1, 0.15) is 17.8 Å². The Morgan fingerprint density at radius 2 is 1.79 bits per heavy atom. The van der Waals surface area contributed by atoms with E-state index in [4.69, 9.17) is 24.0 Å². The van der Waals surface area contributed by atoms with Crippen LogP contribution in [0.5, 0.6) is 5.75 Å². The van der Waals surface area contributed by atoms with Crippen molar-refractivity contribution in [3.63, 3.8) is 0 Å². The van der Waals surface area contributed by atoms with E-state index in [-0.39, 0.29) is 12.0 Å². The molecule has 2 aromatic carbocycles. The average molecular weight is 533 g/mol. The molecule has 0 radical (unpaired) electrons. The molecule has 2 aromatic heterocycles. The number of carboxylic acids is 2. The van der Waals surface area contributed by atoms with Crippen molar-refractivity contribution < 1.29 is 38.5 Å². The Morgan fingerprint density at radius 1 is 1.03 bits per heavy atom. The summed E-state index contributed by atoms with van der Waals surface area (Å²) in [6.07, 6.45) is 7.38. The van der Waals surface area contributed by atoms with Gasteiger partial charge in [0.05, 0.1) is 28.4 Å². The number of aromatic nitrogens is 2. The molecule has 4 aromatic rings. The first kappa shape index (κ1) is 26.0. The molecule has 2 heterocycles. The van der Waals surface area contributed by atoms with Crippen molar-refractivity contribution in [2.24, 2.45) is 0 Å². The minimum absolute atomic E-state index is 0.0660. The van der Waals surface area contributed by atoms with Crippen molar-refractivity contribution in [2.75, 3.05) is 6.61 Å². The summed E-state index contributed by atoms with van der Waals surface area (Å²) >= 11 is 0. The Hall–Kier alpha value is -4.60. The highest BCUT2D eigenvalue weighted by molar-refractivity contribution is 5.95. The second-order valence-corrected chi connectivity index (χ2v) is 9.58. The van der Waals surface area contributed by atoms with Crippen molar-refractivity contribution >= 4 is 28.9 Å². The SMILES string of the molecule is O=C(O)COc1ccc(C[C@H](OC(=O)c2ccc3c(c2)nc(-c2ccoc2)n3C2CCCCC2)C(=O)O)cc1. The number of esters is 1. The highest BCUT2D eigenvalue weighted by atomic mass is 16.6. The zero-order valence-corrected chi connectivity index (χ0v) is 21.1. The molecule has 10 heteroatoms. The smallest absolute Gasteiger partial charge is 0.345 e. The summed E-state index contributed by atoms with van der Waals surface area (Å²) in [5.41, 5.74) is 3.17. The third-order valence-electron chi connectivity index (χ3n) is 6.88. The summed E-state index contributed by atoms with van der Waals surface area (Å²) in [5, 5.41) is 18.4. The van der Waals surface area contributed by atoms with Crippen LogP contribution in [0.25, 0.3) is 22.4 Å². The van der Waals surface area contributed by atoms with Crippen LogP contribution in [-0.2, 0) is 20.7 Å². The number of carbonyl (C=O) groups is 3. The van der Waals surface area contributed by atoms with Crippen LogP contribution in [0.3, 0.4) is 0 Å². The predicted molar refractivity (Wildman–Crippen MR) is 140 cm³/mol. The third kappa shape index (κ3) is 5.95. The fourth-order valence-electron chi connectivity index (χ4n) is 4.99.